The molecule has 0 radical (unpaired) electrons. The van der Waals surface area contributed by atoms with Crippen molar-refractivity contribution in [1.29, 1.82) is 0 Å². The Morgan fingerprint density at radius 2 is 2.18 bits per heavy atom. The van der Waals surface area contributed by atoms with Gasteiger partial charge in [0, 0.05) is 29.2 Å². The van der Waals surface area contributed by atoms with Gasteiger partial charge in [0.15, 0.2) is 11.5 Å². The molecule has 1 aliphatic rings. The second-order valence-corrected chi connectivity index (χ2v) is 6.50. The maximum atomic E-state index is 5.78. The highest BCUT2D eigenvalue weighted by Crippen LogP contribution is 2.35. The summed E-state index contributed by atoms with van der Waals surface area (Å²) >= 11 is 3.55. The zero-order chi connectivity index (χ0) is 15.9. The number of nitrogens with one attached hydrogen (secondary N) is 1. The minimum Gasteiger partial charge on any atom is -0.493 e. The number of likely N-dealkylation sites (N-methyl/N-ethyl adjacent to an activating group) is 1. The molecule has 1 N–H and O–H groups in total. The first kappa shape index (κ1) is 17.6. The van der Waals surface area contributed by atoms with Crippen LogP contribution in [-0.4, -0.2) is 44.3 Å². The molecule has 1 atom stereocenters. The van der Waals surface area contributed by atoms with Crippen molar-refractivity contribution in [3.8, 4) is 11.5 Å². The molecule has 0 bridgehead atoms. The number of hydrogen-bond acceptors (Lipinski definition) is 4. The van der Waals surface area contributed by atoms with Gasteiger partial charge >= 0.3 is 0 Å². The molecule has 1 saturated heterocycles. The van der Waals surface area contributed by atoms with Crippen molar-refractivity contribution in [3.63, 3.8) is 0 Å². The zero-order valence-electron chi connectivity index (χ0n) is 13.8. The highest BCUT2D eigenvalue weighted by Gasteiger charge is 2.22. The van der Waals surface area contributed by atoms with Gasteiger partial charge in [0.1, 0.15) is 0 Å². The van der Waals surface area contributed by atoms with E-state index in [-0.39, 0.29) is 0 Å². The average molecular weight is 371 g/mol. The molecular weight excluding hydrogens is 344 g/mol. The molecule has 22 heavy (non-hydrogen) atoms. The molecule has 1 aromatic rings. The Morgan fingerprint density at radius 3 is 2.86 bits per heavy atom. The fraction of sp³-hybridized carbons (Fsp3) is 0.647. The highest BCUT2D eigenvalue weighted by atomic mass is 79.9. The second-order valence-electron chi connectivity index (χ2n) is 5.58. The molecule has 1 aromatic carbocycles. The molecule has 124 valence electrons. The van der Waals surface area contributed by atoms with Crippen LogP contribution >= 0.6 is 15.9 Å². The summed E-state index contributed by atoms with van der Waals surface area (Å²) in [4.78, 5) is 2.55. The third-order valence-electron chi connectivity index (χ3n) is 4.21. The number of hydrogen-bond donors (Lipinski definition) is 1. The number of methoxy groups -OCH3 is 1. The quantitative estimate of drug-likeness (QED) is 0.759. The third-order valence-corrected chi connectivity index (χ3v) is 4.66. The molecule has 0 saturated carbocycles. The molecular formula is C17H27BrN2O2. The lowest BCUT2D eigenvalue weighted by molar-refractivity contribution is 0.259. The van der Waals surface area contributed by atoms with E-state index in [1.54, 1.807) is 7.11 Å². The van der Waals surface area contributed by atoms with Crippen molar-refractivity contribution in [2.75, 3.05) is 33.4 Å². The fourth-order valence-corrected chi connectivity index (χ4v) is 3.61. The Balaban J connectivity index is 2.00. The van der Waals surface area contributed by atoms with Crippen molar-refractivity contribution in [3.05, 3.63) is 22.2 Å². The smallest absolute Gasteiger partial charge is 0.165 e. The molecule has 1 fully saturated rings. The van der Waals surface area contributed by atoms with Crippen LogP contribution in [0.4, 0.5) is 0 Å². The predicted molar refractivity (Wildman–Crippen MR) is 93.8 cm³/mol. The van der Waals surface area contributed by atoms with Crippen LogP contribution in [0, 0.1) is 0 Å². The van der Waals surface area contributed by atoms with Crippen LogP contribution < -0.4 is 14.8 Å². The molecule has 1 unspecified atom stereocenters. The molecule has 2 rings (SSSR count). The molecule has 0 aliphatic carbocycles. The van der Waals surface area contributed by atoms with Gasteiger partial charge in [-0.15, -0.1) is 0 Å². The maximum absolute atomic E-state index is 5.78. The number of likely N-dealkylation sites (tertiary alicyclic amines) is 1. The summed E-state index contributed by atoms with van der Waals surface area (Å²) in [5.41, 5.74) is 1.13. The van der Waals surface area contributed by atoms with Gasteiger partial charge in [0.25, 0.3) is 0 Å². The Labute approximate surface area is 142 Å². The standard InChI is InChI=1S/C17H27BrN2O2/c1-4-20-8-6-7-15(20)12-19-11-13-9-14(18)10-16(21-3)17(13)22-5-2/h9-10,15,19H,4-8,11-12H2,1-3H3. The van der Waals surface area contributed by atoms with Crippen LogP contribution in [0.3, 0.4) is 0 Å². The fourth-order valence-electron chi connectivity index (χ4n) is 3.13. The topological polar surface area (TPSA) is 33.7 Å². The minimum absolute atomic E-state index is 0.636. The van der Waals surface area contributed by atoms with Gasteiger partial charge in [-0.1, -0.05) is 22.9 Å². The van der Waals surface area contributed by atoms with Gasteiger partial charge < -0.3 is 14.8 Å². The Morgan fingerprint density at radius 1 is 1.36 bits per heavy atom. The summed E-state index contributed by atoms with van der Waals surface area (Å²) < 4.78 is 12.2. The zero-order valence-corrected chi connectivity index (χ0v) is 15.4. The predicted octanol–water partition coefficient (Wildman–Crippen LogP) is 3.43. The second kappa shape index (κ2) is 8.75. The number of nitrogens with zero attached hydrogens (tertiary/aromatic N) is 1. The van der Waals surface area contributed by atoms with Crippen LogP contribution in [0.1, 0.15) is 32.3 Å². The molecule has 0 amide bonds. The summed E-state index contributed by atoms with van der Waals surface area (Å²) in [6.07, 6.45) is 2.61. The van der Waals surface area contributed by atoms with E-state index in [4.69, 9.17) is 9.47 Å². The summed E-state index contributed by atoms with van der Waals surface area (Å²) in [5.74, 6) is 1.63. The Bertz CT molecular complexity index is 482. The molecule has 1 heterocycles. The van der Waals surface area contributed by atoms with Crippen LogP contribution in [-0.2, 0) is 6.54 Å². The van der Waals surface area contributed by atoms with Gasteiger partial charge in [0.2, 0.25) is 0 Å². The van der Waals surface area contributed by atoms with E-state index in [1.165, 1.54) is 19.4 Å². The summed E-state index contributed by atoms with van der Waals surface area (Å²) in [6.45, 7) is 9.06. The first-order valence-corrected chi connectivity index (χ1v) is 8.92. The van der Waals surface area contributed by atoms with E-state index >= 15 is 0 Å². The largest absolute Gasteiger partial charge is 0.493 e. The van der Waals surface area contributed by atoms with E-state index in [2.05, 4.69) is 39.1 Å². The minimum atomic E-state index is 0.636. The van der Waals surface area contributed by atoms with Gasteiger partial charge in [-0.25, -0.2) is 0 Å². The van der Waals surface area contributed by atoms with E-state index in [0.717, 1.165) is 41.2 Å². The van der Waals surface area contributed by atoms with Gasteiger partial charge in [-0.05, 0) is 45.0 Å². The van der Waals surface area contributed by atoms with Gasteiger partial charge in [0.05, 0.1) is 13.7 Å². The Kier molecular flexibility index (Phi) is 6.99. The van der Waals surface area contributed by atoms with Crippen LogP contribution in [0.2, 0.25) is 0 Å². The molecule has 4 nitrogen and oxygen atoms in total. The lowest BCUT2D eigenvalue weighted by Crippen LogP contribution is -2.37. The lowest BCUT2D eigenvalue weighted by atomic mass is 10.1. The summed E-state index contributed by atoms with van der Waals surface area (Å²) in [7, 11) is 1.68. The first-order chi connectivity index (χ1) is 10.7. The van der Waals surface area contributed by atoms with E-state index in [1.807, 2.05) is 13.0 Å². The number of ether oxygens (including phenoxy) is 2. The molecule has 5 heteroatoms. The number of halogens is 1. The number of benzene rings is 1. The van der Waals surface area contributed by atoms with Crippen molar-refractivity contribution in [2.24, 2.45) is 0 Å². The van der Waals surface area contributed by atoms with Crippen LogP contribution in [0.5, 0.6) is 11.5 Å². The van der Waals surface area contributed by atoms with Crippen molar-refractivity contribution in [2.45, 2.75) is 39.3 Å². The van der Waals surface area contributed by atoms with E-state index < -0.39 is 0 Å². The molecule has 0 spiro atoms. The van der Waals surface area contributed by atoms with Gasteiger partial charge in [-0.3, -0.25) is 4.90 Å². The summed E-state index contributed by atoms with van der Waals surface area (Å²) in [6, 6.07) is 4.71. The Hall–Kier alpha value is -0.780. The summed E-state index contributed by atoms with van der Waals surface area (Å²) in [5, 5.41) is 3.59. The molecule has 1 aliphatic heterocycles. The average Bonchev–Trinajstić information content (AvgIpc) is 2.97. The van der Waals surface area contributed by atoms with E-state index in [0.29, 0.717) is 12.6 Å². The van der Waals surface area contributed by atoms with Crippen LogP contribution in [0.25, 0.3) is 0 Å². The van der Waals surface area contributed by atoms with Gasteiger partial charge in [-0.2, -0.15) is 0 Å². The maximum Gasteiger partial charge on any atom is 0.165 e. The monoisotopic (exact) mass is 370 g/mol. The third kappa shape index (κ3) is 4.37. The highest BCUT2D eigenvalue weighted by molar-refractivity contribution is 9.10. The van der Waals surface area contributed by atoms with Crippen molar-refractivity contribution >= 4 is 15.9 Å². The molecule has 0 aromatic heterocycles. The van der Waals surface area contributed by atoms with Crippen molar-refractivity contribution in [1.82, 2.24) is 10.2 Å². The normalized spacial score (nSPS) is 18.6. The number of rotatable bonds is 8. The lowest BCUT2D eigenvalue weighted by Gasteiger charge is -2.23. The van der Waals surface area contributed by atoms with Crippen LogP contribution in [0.15, 0.2) is 16.6 Å². The van der Waals surface area contributed by atoms with E-state index in [9.17, 15) is 0 Å². The SMILES string of the molecule is CCOc1c(CNCC2CCCN2CC)cc(Br)cc1OC. The van der Waals surface area contributed by atoms with Crippen molar-refractivity contribution < 1.29 is 9.47 Å². The first-order valence-electron chi connectivity index (χ1n) is 8.13.